The molecule has 0 bridgehead atoms. The minimum Gasteiger partial charge on any atom is -0.397 e. The van der Waals surface area contributed by atoms with Crippen LogP contribution >= 0.6 is 0 Å². The molecule has 2 nitrogen and oxygen atoms in total. The molecule has 0 aliphatic carbocycles. The highest BCUT2D eigenvalue weighted by Gasteiger charge is 2.49. The molecule has 0 atom stereocenters. The van der Waals surface area contributed by atoms with E-state index >= 15 is 0 Å². The lowest BCUT2D eigenvalue weighted by Crippen LogP contribution is -2.50. The first-order valence-corrected chi connectivity index (χ1v) is 7.48. The van der Waals surface area contributed by atoms with E-state index in [9.17, 15) is 0 Å². The van der Waals surface area contributed by atoms with Gasteiger partial charge in [-0.15, -0.1) is 0 Å². The summed E-state index contributed by atoms with van der Waals surface area (Å²) in [7, 11) is 1.57. The lowest BCUT2D eigenvalue weighted by atomic mass is 10.1. The molecule has 0 unspecified atom stereocenters. The van der Waals surface area contributed by atoms with Crippen LogP contribution in [0.2, 0.25) is 11.1 Å². The van der Waals surface area contributed by atoms with Gasteiger partial charge in [0, 0.05) is 19.3 Å². The van der Waals surface area contributed by atoms with E-state index in [2.05, 4.69) is 34.6 Å². The van der Waals surface area contributed by atoms with Gasteiger partial charge in [-0.05, 0) is 18.4 Å². The van der Waals surface area contributed by atoms with Crippen LogP contribution in [0.1, 0.15) is 41.0 Å². The van der Waals surface area contributed by atoms with Crippen molar-refractivity contribution in [2.24, 2.45) is 5.92 Å². The van der Waals surface area contributed by atoms with E-state index in [4.69, 9.17) is 8.85 Å². The highest BCUT2D eigenvalue weighted by molar-refractivity contribution is 6.70. The monoisotopic (exact) mass is 218 g/mol. The van der Waals surface area contributed by atoms with E-state index in [-0.39, 0.29) is 5.04 Å². The van der Waals surface area contributed by atoms with Crippen LogP contribution in [0.25, 0.3) is 0 Å². The summed E-state index contributed by atoms with van der Waals surface area (Å²) in [5.41, 5.74) is 0. The summed E-state index contributed by atoms with van der Waals surface area (Å²) in [5, 5.41) is 0.181. The van der Waals surface area contributed by atoms with Crippen molar-refractivity contribution in [2.45, 2.75) is 52.1 Å². The molecule has 0 aliphatic heterocycles. The fourth-order valence-corrected chi connectivity index (χ4v) is 5.66. The molecule has 86 valence electrons. The standard InChI is InChI=1S/C11H26O2Si/c1-8-11(4,5)14(12-6,13-7)9-10(2)3/h10H,8-9H2,1-7H3. The van der Waals surface area contributed by atoms with Crippen molar-refractivity contribution >= 4 is 8.56 Å². The Labute approximate surface area is 90.2 Å². The molecule has 3 heteroatoms. The molecule has 0 fully saturated rings. The van der Waals surface area contributed by atoms with Crippen LogP contribution in [0, 0.1) is 5.92 Å². The minimum absolute atomic E-state index is 0.181. The maximum atomic E-state index is 5.77. The normalized spacial score (nSPS) is 13.7. The van der Waals surface area contributed by atoms with Crippen LogP contribution in [0.5, 0.6) is 0 Å². The molecule has 0 saturated heterocycles. The average molecular weight is 218 g/mol. The Hall–Kier alpha value is 0.137. The van der Waals surface area contributed by atoms with Crippen LogP contribution in [0.15, 0.2) is 0 Å². The molecule has 0 aromatic carbocycles. The molecular formula is C11H26O2Si. The third kappa shape index (κ3) is 2.81. The smallest absolute Gasteiger partial charge is 0.343 e. The third-order valence-corrected chi connectivity index (χ3v) is 8.34. The van der Waals surface area contributed by atoms with Gasteiger partial charge >= 0.3 is 8.56 Å². The number of hydrogen-bond acceptors (Lipinski definition) is 2. The number of hydrogen-bond donors (Lipinski definition) is 0. The number of rotatable bonds is 6. The van der Waals surface area contributed by atoms with Gasteiger partial charge in [0.1, 0.15) is 0 Å². The van der Waals surface area contributed by atoms with Crippen LogP contribution in [-0.2, 0) is 8.85 Å². The molecule has 0 radical (unpaired) electrons. The Balaban J connectivity index is 4.86. The molecule has 0 aliphatic rings. The first-order chi connectivity index (χ1) is 6.35. The summed E-state index contributed by atoms with van der Waals surface area (Å²) in [5.74, 6) is 0.632. The molecule has 0 N–H and O–H groups in total. The van der Waals surface area contributed by atoms with Crippen LogP contribution in [0.3, 0.4) is 0 Å². The van der Waals surface area contributed by atoms with Gasteiger partial charge in [0.15, 0.2) is 0 Å². The molecule has 0 rings (SSSR count). The maximum Gasteiger partial charge on any atom is 0.343 e. The SMILES string of the molecule is CCC(C)(C)[Si](CC(C)C)(OC)OC. The Bertz CT molecular complexity index is 163. The second-order valence-corrected chi connectivity index (χ2v) is 9.08. The topological polar surface area (TPSA) is 18.5 Å². The second-order valence-electron chi connectivity index (χ2n) is 5.00. The van der Waals surface area contributed by atoms with Gasteiger partial charge in [-0.1, -0.05) is 34.6 Å². The molecule has 0 aromatic rings. The molecule has 14 heavy (non-hydrogen) atoms. The van der Waals surface area contributed by atoms with Crippen molar-refractivity contribution in [2.75, 3.05) is 14.2 Å². The first kappa shape index (κ1) is 14.1. The van der Waals surface area contributed by atoms with Crippen molar-refractivity contribution in [3.8, 4) is 0 Å². The van der Waals surface area contributed by atoms with E-state index in [0.29, 0.717) is 5.92 Å². The van der Waals surface area contributed by atoms with E-state index in [0.717, 1.165) is 12.5 Å². The van der Waals surface area contributed by atoms with Crippen molar-refractivity contribution in [3.05, 3.63) is 0 Å². The van der Waals surface area contributed by atoms with Crippen molar-refractivity contribution in [1.82, 2.24) is 0 Å². The maximum absolute atomic E-state index is 5.77. The highest BCUT2D eigenvalue weighted by atomic mass is 28.4. The largest absolute Gasteiger partial charge is 0.397 e. The van der Waals surface area contributed by atoms with Gasteiger partial charge in [-0.3, -0.25) is 0 Å². The van der Waals surface area contributed by atoms with E-state index in [1.807, 2.05) is 0 Å². The Kier molecular flexibility index (Phi) is 5.34. The lowest BCUT2D eigenvalue weighted by Gasteiger charge is -2.41. The fraction of sp³-hybridized carbons (Fsp3) is 1.00. The Morgan fingerprint density at radius 2 is 1.57 bits per heavy atom. The zero-order chi connectivity index (χ0) is 11.4. The summed E-state index contributed by atoms with van der Waals surface area (Å²) in [6.45, 7) is 11.2. The van der Waals surface area contributed by atoms with Gasteiger partial charge in [0.25, 0.3) is 0 Å². The predicted molar refractivity (Wildman–Crippen MR) is 63.7 cm³/mol. The summed E-state index contributed by atoms with van der Waals surface area (Å²) >= 11 is 0. The van der Waals surface area contributed by atoms with Crippen LogP contribution < -0.4 is 0 Å². The predicted octanol–water partition coefficient (Wildman–Crippen LogP) is 3.57. The third-order valence-electron chi connectivity index (χ3n) is 3.25. The van der Waals surface area contributed by atoms with Crippen LogP contribution in [-0.4, -0.2) is 22.8 Å². The van der Waals surface area contributed by atoms with Crippen molar-refractivity contribution < 1.29 is 8.85 Å². The van der Waals surface area contributed by atoms with Crippen LogP contribution in [0.4, 0.5) is 0 Å². The van der Waals surface area contributed by atoms with Crippen molar-refractivity contribution in [1.29, 1.82) is 0 Å². The van der Waals surface area contributed by atoms with Gasteiger partial charge in [0.05, 0.1) is 0 Å². The molecule has 0 amide bonds. The zero-order valence-electron chi connectivity index (χ0n) is 10.8. The fourth-order valence-electron chi connectivity index (χ4n) is 1.89. The molecular weight excluding hydrogens is 192 g/mol. The first-order valence-electron chi connectivity index (χ1n) is 5.45. The quantitative estimate of drug-likeness (QED) is 0.635. The molecule has 0 saturated carbocycles. The second kappa shape index (κ2) is 5.28. The van der Waals surface area contributed by atoms with Gasteiger partial charge in [0.2, 0.25) is 0 Å². The Morgan fingerprint density at radius 3 is 1.79 bits per heavy atom. The summed E-state index contributed by atoms with van der Waals surface area (Å²) < 4.78 is 11.5. The molecule has 0 aromatic heterocycles. The van der Waals surface area contributed by atoms with Gasteiger partial charge in [-0.2, -0.15) is 0 Å². The van der Waals surface area contributed by atoms with E-state index < -0.39 is 8.56 Å². The van der Waals surface area contributed by atoms with E-state index in [1.54, 1.807) is 14.2 Å². The summed E-state index contributed by atoms with van der Waals surface area (Å²) in [4.78, 5) is 0. The minimum atomic E-state index is -2.03. The van der Waals surface area contributed by atoms with Gasteiger partial charge < -0.3 is 8.85 Å². The Morgan fingerprint density at radius 1 is 1.14 bits per heavy atom. The summed E-state index contributed by atoms with van der Waals surface area (Å²) in [6, 6.07) is 1.07. The average Bonchev–Trinajstić information content (AvgIpc) is 2.13. The highest BCUT2D eigenvalue weighted by Crippen LogP contribution is 2.44. The molecule has 0 heterocycles. The lowest BCUT2D eigenvalue weighted by molar-refractivity contribution is 0.202. The summed E-state index contributed by atoms with van der Waals surface area (Å²) in [6.07, 6.45) is 1.10. The molecule has 0 spiro atoms. The zero-order valence-corrected chi connectivity index (χ0v) is 11.8. The van der Waals surface area contributed by atoms with Gasteiger partial charge in [-0.25, -0.2) is 0 Å². The van der Waals surface area contributed by atoms with Crippen molar-refractivity contribution in [3.63, 3.8) is 0 Å². The van der Waals surface area contributed by atoms with E-state index in [1.165, 1.54) is 0 Å².